The van der Waals surface area contributed by atoms with Gasteiger partial charge in [0.25, 0.3) is 0 Å². The van der Waals surface area contributed by atoms with Gasteiger partial charge in [0.1, 0.15) is 5.82 Å². The molecule has 2 N–H and O–H groups in total. The lowest BCUT2D eigenvalue weighted by Gasteiger charge is -2.19. The van der Waals surface area contributed by atoms with Crippen LogP contribution in [0, 0.1) is 0 Å². The van der Waals surface area contributed by atoms with E-state index in [-0.39, 0.29) is 0 Å². The summed E-state index contributed by atoms with van der Waals surface area (Å²) in [6.45, 7) is 3.10. The van der Waals surface area contributed by atoms with Crippen molar-refractivity contribution in [3.8, 4) is 0 Å². The first-order chi connectivity index (χ1) is 9.13. The van der Waals surface area contributed by atoms with Gasteiger partial charge >= 0.3 is 0 Å². The standard InChI is InChI=1S/C14H22N4S/c1-4-6-12-13(15)14(18(3)16-12)17(2)9-8-11-7-5-10-19-11/h5,7,10H,4,6,8-9,15H2,1-3H3. The molecule has 0 aliphatic heterocycles. The summed E-state index contributed by atoms with van der Waals surface area (Å²) < 4.78 is 1.90. The Hall–Kier alpha value is -1.49. The SMILES string of the molecule is CCCc1nn(C)c(N(C)CCc2cccs2)c1N. The topological polar surface area (TPSA) is 47.1 Å². The lowest BCUT2D eigenvalue weighted by atomic mass is 10.2. The fourth-order valence-corrected chi connectivity index (χ4v) is 3.00. The summed E-state index contributed by atoms with van der Waals surface area (Å²) >= 11 is 1.80. The van der Waals surface area contributed by atoms with Crippen LogP contribution in [0.5, 0.6) is 0 Å². The quantitative estimate of drug-likeness (QED) is 0.883. The van der Waals surface area contributed by atoms with Crippen LogP contribution in [-0.4, -0.2) is 23.4 Å². The Bertz CT molecular complexity index is 516. The Kier molecular flexibility index (Phi) is 4.47. The molecular weight excluding hydrogens is 256 g/mol. The Morgan fingerprint density at radius 2 is 2.21 bits per heavy atom. The number of thiophene rings is 1. The first kappa shape index (κ1) is 13.9. The van der Waals surface area contributed by atoms with Crippen molar-refractivity contribution in [1.29, 1.82) is 0 Å². The molecule has 4 nitrogen and oxygen atoms in total. The zero-order valence-corrected chi connectivity index (χ0v) is 12.7. The summed E-state index contributed by atoms with van der Waals surface area (Å²) in [5.41, 5.74) is 8.07. The molecule has 0 atom stereocenters. The smallest absolute Gasteiger partial charge is 0.150 e. The van der Waals surface area contributed by atoms with Gasteiger partial charge in [0.2, 0.25) is 0 Å². The van der Waals surface area contributed by atoms with Crippen molar-refractivity contribution in [2.24, 2.45) is 7.05 Å². The van der Waals surface area contributed by atoms with Gasteiger partial charge in [-0.3, -0.25) is 4.68 Å². The summed E-state index contributed by atoms with van der Waals surface area (Å²) in [4.78, 5) is 3.60. The number of hydrogen-bond acceptors (Lipinski definition) is 4. The van der Waals surface area contributed by atoms with Crippen LogP contribution in [0.3, 0.4) is 0 Å². The average molecular weight is 278 g/mol. The van der Waals surface area contributed by atoms with Gasteiger partial charge < -0.3 is 10.6 Å². The number of nitrogens with zero attached hydrogens (tertiary/aromatic N) is 3. The fraction of sp³-hybridized carbons (Fsp3) is 0.500. The number of nitrogens with two attached hydrogens (primary N) is 1. The second-order valence-corrected chi connectivity index (χ2v) is 5.84. The molecule has 19 heavy (non-hydrogen) atoms. The summed E-state index contributed by atoms with van der Waals surface area (Å²) in [7, 11) is 4.04. The Balaban J connectivity index is 2.07. The highest BCUT2D eigenvalue weighted by Gasteiger charge is 2.16. The Morgan fingerprint density at radius 3 is 2.84 bits per heavy atom. The molecule has 0 saturated carbocycles. The minimum atomic E-state index is 0.832. The first-order valence-corrected chi connectivity index (χ1v) is 7.56. The molecule has 0 aromatic carbocycles. The first-order valence-electron chi connectivity index (χ1n) is 6.68. The second-order valence-electron chi connectivity index (χ2n) is 4.81. The van der Waals surface area contributed by atoms with E-state index in [4.69, 9.17) is 5.73 Å². The summed E-state index contributed by atoms with van der Waals surface area (Å²) in [6, 6.07) is 4.27. The van der Waals surface area contributed by atoms with E-state index < -0.39 is 0 Å². The minimum absolute atomic E-state index is 0.832. The lowest BCUT2D eigenvalue weighted by Crippen LogP contribution is -2.23. The zero-order chi connectivity index (χ0) is 13.8. The van der Waals surface area contributed by atoms with E-state index in [0.717, 1.165) is 43.0 Å². The molecule has 2 aromatic rings. The maximum Gasteiger partial charge on any atom is 0.150 e. The van der Waals surface area contributed by atoms with Crippen LogP contribution >= 0.6 is 11.3 Å². The van der Waals surface area contributed by atoms with E-state index >= 15 is 0 Å². The number of aryl methyl sites for hydroxylation is 2. The highest BCUT2D eigenvalue weighted by molar-refractivity contribution is 7.09. The molecular formula is C14H22N4S. The summed E-state index contributed by atoms with van der Waals surface area (Å²) in [5.74, 6) is 1.03. The molecule has 0 saturated heterocycles. The van der Waals surface area contributed by atoms with Crippen LogP contribution in [0.25, 0.3) is 0 Å². The van der Waals surface area contributed by atoms with Gasteiger partial charge in [-0.1, -0.05) is 19.4 Å². The molecule has 0 fully saturated rings. The predicted molar refractivity (Wildman–Crippen MR) is 82.9 cm³/mol. The minimum Gasteiger partial charge on any atom is -0.394 e. The molecule has 2 heterocycles. The second kappa shape index (κ2) is 6.10. The third-order valence-corrected chi connectivity index (χ3v) is 4.19. The fourth-order valence-electron chi connectivity index (χ4n) is 2.30. The van der Waals surface area contributed by atoms with Gasteiger partial charge in [0, 0.05) is 25.5 Å². The highest BCUT2D eigenvalue weighted by atomic mass is 32.1. The molecule has 104 valence electrons. The molecule has 2 rings (SSSR count). The predicted octanol–water partition coefficient (Wildman–Crippen LogP) is 2.70. The Morgan fingerprint density at radius 1 is 1.42 bits per heavy atom. The number of likely N-dealkylation sites (N-methyl/N-ethyl adjacent to an activating group) is 1. The maximum atomic E-state index is 6.22. The van der Waals surface area contributed by atoms with Gasteiger partial charge in [-0.2, -0.15) is 5.10 Å². The number of rotatable bonds is 6. The molecule has 0 aliphatic carbocycles. The maximum absolute atomic E-state index is 6.22. The van der Waals surface area contributed by atoms with E-state index in [9.17, 15) is 0 Å². The van der Waals surface area contributed by atoms with E-state index in [2.05, 4.69) is 41.5 Å². The van der Waals surface area contributed by atoms with Gasteiger partial charge in [-0.05, 0) is 24.3 Å². The van der Waals surface area contributed by atoms with Crippen molar-refractivity contribution in [3.63, 3.8) is 0 Å². The third kappa shape index (κ3) is 3.10. The molecule has 2 aromatic heterocycles. The van der Waals surface area contributed by atoms with Gasteiger partial charge in [-0.25, -0.2) is 0 Å². The number of nitrogen functional groups attached to an aromatic ring is 1. The van der Waals surface area contributed by atoms with Crippen molar-refractivity contribution in [2.45, 2.75) is 26.2 Å². The van der Waals surface area contributed by atoms with Gasteiger partial charge in [0.15, 0.2) is 0 Å². The van der Waals surface area contributed by atoms with E-state index in [1.807, 2.05) is 11.7 Å². The monoisotopic (exact) mass is 278 g/mol. The number of aromatic nitrogens is 2. The van der Waals surface area contributed by atoms with Crippen LogP contribution in [0.1, 0.15) is 23.9 Å². The number of anilines is 2. The van der Waals surface area contributed by atoms with Crippen LogP contribution in [0.15, 0.2) is 17.5 Å². The third-order valence-electron chi connectivity index (χ3n) is 3.25. The van der Waals surface area contributed by atoms with E-state index in [1.54, 1.807) is 11.3 Å². The Labute approximate surface area is 118 Å². The lowest BCUT2D eigenvalue weighted by molar-refractivity contribution is 0.712. The van der Waals surface area contributed by atoms with Crippen molar-refractivity contribution in [2.75, 3.05) is 24.2 Å². The van der Waals surface area contributed by atoms with E-state index in [0.29, 0.717) is 0 Å². The van der Waals surface area contributed by atoms with Gasteiger partial charge in [0.05, 0.1) is 11.4 Å². The molecule has 0 bridgehead atoms. The molecule has 0 aliphatic rings. The molecule has 0 unspecified atom stereocenters. The van der Waals surface area contributed by atoms with E-state index in [1.165, 1.54) is 4.88 Å². The summed E-state index contributed by atoms with van der Waals surface area (Å²) in [6.07, 6.45) is 3.06. The molecule has 0 amide bonds. The zero-order valence-electron chi connectivity index (χ0n) is 11.9. The van der Waals surface area contributed by atoms with Crippen LogP contribution in [0.2, 0.25) is 0 Å². The van der Waals surface area contributed by atoms with Gasteiger partial charge in [-0.15, -0.1) is 11.3 Å². The van der Waals surface area contributed by atoms with Crippen molar-refractivity contribution in [1.82, 2.24) is 9.78 Å². The van der Waals surface area contributed by atoms with Crippen LogP contribution in [0.4, 0.5) is 11.5 Å². The van der Waals surface area contributed by atoms with Crippen LogP contribution in [-0.2, 0) is 19.9 Å². The average Bonchev–Trinajstić information content (AvgIpc) is 2.97. The van der Waals surface area contributed by atoms with Crippen molar-refractivity contribution >= 4 is 22.8 Å². The van der Waals surface area contributed by atoms with Crippen LogP contribution < -0.4 is 10.6 Å². The summed E-state index contributed by atoms with van der Waals surface area (Å²) in [5, 5.41) is 6.64. The van der Waals surface area contributed by atoms with Crippen molar-refractivity contribution < 1.29 is 0 Å². The van der Waals surface area contributed by atoms with Crippen molar-refractivity contribution in [3.05, 3.63) is 28.1 Å². The molecule has 0 spiro atoms. The largest absolute Gasteiger partial charge is 0.394 e. The molecule has 5 heteroatoms. The highest BCUT2D eigenvalue weighted by Crippen LogP contribution is 2.26. The normalized spacial score (nSPS) is 10.9. The molecule has 0 radical (unpaired) electrons. The number of hydrogen-bond donors (Lipinski definition) is 1.